The predicted octanol–water partition coefficient (Wildman–Crippen LogP) is -12.1. The molecule has 16 heavy (non-hydrogen) atoms. The quantitative estimate of drug-likeness (QED) is 0.351. The first-order chi connectivity index (χ1) is 6.29. The van der Waals surface area contributed by atoms with Gasteiger partial charge >= 0.3 is 59.1 Å². The van der Waals surface area contributed by atoms with Crippen LogP contribution in [0.2, 0.25) is 0 Å². The van der Waals surface area contributed by atoms with Crippen LogP contribution < -0.4 is 69.3 Å². The number of carbonyl (C=O) groups excluding carboxylic acids is 2. The van der Waals surface area contributed by atoms with Crippen LogP contribution in [0.1, 0.15) is 0 Å². The molecular formula is C6H8Na2O8. The van der Waals surface area contributed by atoms with E-state index in [1.807, 2.05) is 0 Å². The molecule has 0 aliphatic rings. The number of aliphatic hydroxyl groups is 4. The summed E-state index contributed by atoms with van der Waals surface area (Å²) in [5.41, 5.74) is 0. The first-order valence-corrected chi connectivity index (χ1v) is 3.43. The Balaban J connectivity index is -0.000000845. The van der Waals surface area contributed by atoms with Gasteiger partial charge in [0.1, 0.15) is 24.4 Å². The summed E-state index contributed by atoms with van der Waals surface area (Å²) in [6.45, 7) is 0. The van der Waals surface area contributed by atoms with E-state index in [4.69, 9.17) is 20.4 Å². The zero-order chi connectivity index (χ0) is 11.5. The molecule has 0 saturated heterocycles. The molecule has 0 aromatic rings. The Morgan fingerprint density at radius 1 is 0.750 bits per heavy atom. The molecule has 10 heteroatoms. The number of hydrogen-bond acceptors (Lipinski definition) is 8. The molecule has 0 aliphatic carbocycles. The molecule has 0 spiro atoms. The molecule has 82 valence electrons. The summed E-state index contributed by atoms with van der Waals surface area (Å²) in [6, 6.07) is 0. The molecule has 0 radical (unpaired) electrons. The molecule has 0 bridgehead atoms. The summed E-state index contributed by atoms with van der Waals surface area (Å²) in [7, 11) is 0. The van der Waals surface area contributed by atoms with Gasteiger partial charge in [-0.15, -0.1) is 0 Å². The van der Waals surface area contributed by atoms with Crippen molar-refractivity contribution in [3.63, 3.8) is 0 Å². The Bertz CT molecular complexity index is 211. The summed E-state index contributed by atoms with van der Waals surface area (Å²) in [6.07, 6.45) is -9.76. The van der Waals surface area contributed by atoms with E-state index in [1.54, 1.807) is 0 Å². The van der Waals surface area contributed by atoms with E-state index >= 15 is 0 Å². The molecular weight excluding hydrogens is 246 g/mol. The summed E-state index contributed by atoms with van der Waals surface area (Å²) < 4.78 is 0. The van der Waals surface area contributed by atoms with Crippen LogP contribution in [-0.2, 0) is 9.59 Å². The van der Waals surface area contributed by atoms with Crippen LogP contribution in [0, 0.1) is 0 Å². The van der Waals surface area contributed by atoms with Crippen LogP contribution in [0.15, 0.2) is 0 Å². The number of aliphatic hydroxyl groups excluding tert-OH is 4. The van der Waals surface area contributed by atoms with Gasteiger partial charge in [-0.05, 0) is 0 Å². The second-order valence-corrected chi connectivity index (χ2v) is 2.51. The van der Waals surface area contributed by atoms with Gasteiger partial charge in [0.05, 0.1) is 11.9 Å². The van der Waals surface area contributed by atoms with Gasteiger partial charge < -0.3 is 40.2 Å². The molecule has 0 aliphatic heterocycles. The van der Waals surface area contributed by atoms with Gasteiger partial charge in [0.15, 0.2) is 0 Å². The predicted molar refractivity (Wildman–Crippen MR) is 34.0 cm³/mol. The number of carboxylic acid groups (broad SMARTS) is 2. The average Bonchev–Trinajstić information content (AvgIpc) is 2.12. The average molecular weight is 254 g/mol. The van der Waals surface area contributed by atoms with E-state index in [-0.39, 0.29) is 59.1 Å². The fourth-order valence-corrected chi connectivity index (χ4v) is 0.652. The van der Waals surface area contributed by atoms with Crippen molar-refractivity contribution in [2.45, 2.75) is 24.4 Å². The van der Waals surface area contributed by atoms with Crippen LogP contribution in [0.3, 0.4) is 0 Å². The van der Waals surface area contributed by atoms with Gasteiger partial charge in [-0.2, -0.15) is 0 Å². The summed E-state index contributed by atoms with van der Waals surface area (Å²) in [5.74, 6) is -4.22. The second-order valence-electron chi connectivity index (χ2n) is 2.51. The van der Waals surface area contributed by atoms with E-state index in [1.165, 1.54) is 0 Å². The van der Waals surface area contributed by atoms with Crippen LogP contribution in [0.25, 0.3) is 0 Å². The number of hydrogen-bond donors (Lipinski definition) is 4. The summed E-state index contributed by atoms with van der Waals surface area (Å²) >= 11 is 0. The molecule has 0 unspecified atom stereocenters. The van der Waals surface area contributed by atoms with E-state index in [9.17, 15) is 19.8 Å². The van der Waals surface area contributed by atoms with Crippen LogP contribution in [0.5, 0.6) is 0 Å². The third kappa shape index (κ3) is 6.50. The Kier molecular flexibility index (Phi) is 13.4. The summed E-state index contributed by atoms with van der Waals surface area (Å²) in [5, 5.41) is 54.7. The first kappa shape index (κ1) is 22.0. The topological polar surface area (TPSA) is 161 Å². The molecule has 0 saturated carbocycles. The number of carbonyl (C=O) groups is 2. The van der Waals surface area contributed by atoms with Gasteiger partial charge in [0.2, 0.25) is 0 Å². The van der Waals surface area contributed by atoms with Crippen molar-refractivity contribution >= 4 is 11.9 Å². The smallest absolute Gasteiger partial charge is 0.547 e. The third-order valence-corrected chi connectivity index (χ3v) is 1.48. The van der Waals surface area contributed by atoms with Crippen molar-refractivity contribution < 1.29 is 99.3 Å². The molecule has 0 aromatic heterocycles. The Labute approximate surface area is 134 Å². The number of carboxylic acids is 2. The van der Waals surface area contributed by atoms with Crippen LogP contribution >= 0.6 is 0 Å². The van der Waals surface area contributed by atoms with E-state index in [2.05, 4.69) is 0 Å². The van der Waals surface area contributed by atoms with Crippen molar-refractivity contribution in [1.29, 1.82) is 0 Å². The number of aliphatic carboxylic acids is 2. The van der Waals surface area contributed by atoms with Crippen molar-refractivity contribution in [3.8, 4) is 0 Å². The standard InChI is InChI=1S/C6H10O8.2Na/c7-1(3(9)5(11)12)2(8)4(10)6(13)14;;/h1-4,7-10H,(H,11,12)(H,13,14);;/q;2*+1/p-2/t1-,2-,3+,4+;;/m0../s1. The summed E-state index contributed by atoms with van der Waals surface area (Å²) in [4.78, 5) is 19.9. The third-order valence-electron chi connectivity index (χ3n) is 1.48. The van der Waals surface area contributed by atoms with Gasteiger partial charge in [0, 0.05) is 0 Å². The fourth-order valence-electron chi connectivity index (χ4n) is 0.652. The normalized spacial score (nSPS) is 17.0. The largest absolute Gasteiger partial charge is 1.00 e. The van der Waals surface area contributed by atoms with Gasteiger partial charge in [-0.25, -0.2) is 0 Å². The van der Waals surface area contributed by atoms with Gasteiger partial charge in [0.25, 0.3) is 0 Å². The van der Waals surface area contributed by atoms with E-state index in [0.29, 0.717) is 0 Å². The molecule has 0 amide bonds. The zero-order valence-electron chi connectivity index (χ0n) is 8.73. The van der Waals surface area contributed by atoms with Gasteiger partial charge in [-0.1, -0.05) is 0 Å². The number of rotatable bonds is 5. The Morgan fingerprint density at radius 2 is 0.938 bits per heavy atom. The van der Waals surface area contributed by atoms with Crippen molar-refractivity contribution in [2.24, 2.45) is 0 Å². The minimum absolute atomic E-state index is 0. The van der Waals surface area contributed by atoms with E-state index in [0.717, 1.165) is 0 Å². The van der Waals surface area contributed by atoms with Crippen molar-refractivity contribution in [1.82, 2.24) is 0 Å². The Hall–Kier alpha value is 0.780. The van der Waals surface area contributed by atoms with Crippen molar-refractivity contribution in [3.05, 3.63) is 0 Å². The zero-order valence-corrected chi connectivity index (χ0v) is 12.7. The fraction of sp³-hybridized carbons (Fsp3) is 0.667. The molecule has 4 N–H and O–H groups in total. The SMILES string of the molecule is O=C([O-])[C@H](O)[C@@H](O)[C@H](O)[C@@H](O)C(=O)[O-].[Na+].[Na+]. The second kappa shape index (κ2) is 9.77. The molecule has 0 heterocycles. The molecule has 8 nitrogen and oxygen atoms in total. The maximum absolute atomic E-state index is 9.96. The minimum atomic E-state index is -2.50. The maximum Gasteiger partial charge on any atom is 1.00 e. The molecule has 0 fully saturated rings. The molecule has 0 rings (SSSR count). The van der Waals surface area contributed by atoms with E-state index < -0.39 is 36.4 Å². The first-order valence-electron chi connectivity index (χ1n) is 3.43. The maximum atomic E-state index is 9.96. The Morgan fingerprint density at radius 3 is 1.06 bits per heavy atom. The van der Waals surface area contributed by atoms with Crippen LogP contribution in [-0.4, -0.2) is 56.8 Å². The van der Waals surface area contributed by atoms with Crippen LogP contribution in [0.4, 0.5) is 0 Å². The van der Waals surface area contributed by atoms with Gasteiger partial charge in [-0.3, -0.25) is 0 Å². The molecule has 4 atom stereocenters. The van der Waals surface area contributed by atoms with Crippen molar-refractivity contribution in [2.75, 3.05) is 0 Å². The monoisotopic (exact) mass is 254 g/mol. The minimum Gasteiger partial charge on any atom is -0.547 e. The molecule has 0 aromatic carbocycles.